The van der Waals surface area contributed by atoms with E-state index in [1.807, 2.05) is 0 Å². The van der Waals surface area contributed by atoms with Gasteiger partial charge < -0.3 is 19.1 Å². The zero-order valence-corrected chi connectivity index (χ0v) is 14.6. The molecule has 0 saturated carbocycles. The molecule has 0 aromatic heterocycles. The zero-order valence-electron chi connectivity index (χ0n) is 13.8. The molecule has 0 aromatic rings. The number of carbonyl (C=O) groups is 1. The molecular formula is C14H26N2O6S. The molecule has 0 aromatic carbocycles. The largest absolute Gasteiger partial charge is 0.383 e. The van der Waals surface area contributed by atoms with Crippen LogP contribution in [0.3, 0.4) is 0 Å². The number of methoxy groups -OCH3 is 1. The number of hydrogen-bond donors (Lipinski definition) is 0. The lowest BCUT2D eigenvalue weighted by molar-refractivity contribution is -0.187. The highest BCUT2D eigenvalue weighted by molar-refractivity contribution is 7.88. The predicted molar refractivity (Wildman–Crippen MR) is 83.4 cm³/mol. The zero-order chi connectivity index (χ0) is 16.9. The minimum absolute atomic E-state index is 0.0380. The van der Waals surface area contributed by atoms with Gasteiger partial charge in [-0.15, -0.1) is 0 Å². The highest BCUT2D eigenvalue weighted by Gasteiger charge is 2.40. The van der Waals surface area contributed by atoms with Gasteiger partial charge in [0.1, 0.15) is 0 Å². The van der Waals surface area contributed by atoms with E-state index < -0.39 is 15.8 Å². The number of hydrogen-bond acceptors (Lipinski definition) is 6. The van der Waals surface area contributed by atoms with Crippen LogP contribution in [0.4, 0.5) is 0 Å². The topological polar surface area (TPSA) is 85.4 Å². The summed E-state index contributed by atoms with van der Waals surface area (Å²) in [5.41, 5.74) is 0. The SMILES string of the molecule is COCCN(CCC(=O)N1CCC2(CC1)OCCO2)S(C)(=O)=O. The third-order valence-electron chi connectivity index (χ3n) is 4.28. The molecule has 1 spiro atoms. The van der Waals surface area contributed by atoms with Crippen molar-refractivity contribution in [1.82, 2.24) is 9.21 Å². The number of nitrogens with zero attached hydrogens (tertiary/aromatic N) is 2. The molecule has 0 unspecified atom stereocenters. The van der Waals surface area contributed by atoms with Crippen LogP contribution in [0.25, 0.3) is 0 Å². The van der Waals surface area contributed by atoms with Crippen LogP contribution in [0, 0.1) is 0 Å². The number of carbonyl (C=O) groups excluding carboxylic acids is 1. The summed E-state index contributed by atoms with van der Waals surface area (Å²) in [4.78, 5) is 14.1. The van der Waals surface area contributed by atoms with Crippen molar-refractivity contribution in [2.45, 2.75) is 25.0 Å². The lowest BCUT2D eigenvalue weighted by atomic mass is 10.0. The smallest absolute Gasteiger partial charge is 0.223 e. The van der Waals surface area contributed by atoms with Crippen LogP contribution in [0.5, 0.6) is 0 Å². The number of amides is 1. The Kier molecular flexibility index (Phi) is 6.38. The molecule has 0 aliphatic carbocycles. The second-order valence-electron chi connectivity index (χ2n) is 5.89. The van der Waals surface area contributed by atoms with E-state index >= 15 is 0 Å². The molecule has 134 valence electrons. The summed E-state index contributed by atoms with van der Waals surface area (Å²) in [6.07, 6.45) is 2.65. The summed E-state index contributed by atoms with van der Waals surface area (Å²) in [5.74, 6) is -0.544. The van der Waals surface area contributed by atoms with Gasteiger partial charge in [0.15, 0.2) is 5.79 Å². The average Bonchev–Trinajstić information content (AvgIpc) is 2.94. The second-order valence-corrected chi connectivity index (χ2v) is 7.88. The molecule has 2 rings (SSSR count). The van der Waals surface area contributed by atoms with Crippen LogP contribution in [0.1, 0.15) is 19.3 Å². The fourth-order valence-electron chi connectivity index (χ4n) is 2.90. The fourth-order valence-corrected chi connectivity index (χ4v) is 3.73. The van der Waals surface area contributed by atoms with Crippen molar-refractivity contribution in [3.63, 3.8) is 0 Å². The van der Waals surface area contributed by atoms with E-state index in [9.17, 15) is 13.2 Å². The van der Waals surface area contributed by atoms with E-state index in [1.54, 1.807) is 4.90 Å². The third-order valence-corrected chi connectivity index (χ3v) is 5.58. The van der Waals surface area contributed by atoms with E-state index in [2.05, 4.69) is 0 Å². The monoisotopic (exact) mass is 350 g/mol. The van der Waals surface area contributed by atoms with Crippen molar-refractivity contribution in [2.75, 3.05) is 59.4 Å². The maximum absolute atomic E-state index is 12.3. The van der Waals surface area contributed by atoms with Gasteiger partial charge in [-0.05, 0) is 0 Å². The minimum Gasteiger partial charge on any atom is -0.383 e. The van der Waals surface area contributed by atoms with Crippen molar-refractivity contribution in [3.05, 3.63) is 0 Å². The molecule has 2 aliphatic rings. The van der Waals surface area contributed by atoms with Crippen molar-refractivity contribution in [1.29, 1.82) is 0 Å². The summed E-state index contributed by atoms with van der Waals surface area (Å²) in [6.45, 7) is 3.12. The first kappa shape index (κ1) is 18.6. The molecule has 8 nitrogen and oxygen atoms in total. The summed E-state index contributed by atoms with van der Waals surface area (Å²) in [6, 6.07) is 0. The Morgan fingerprint density at radius 2 is 1.83 bits per heavy atom. The van der Waals surface area contributed by atoms with Gasteiger partial charge in [-0.2, -0.15) is 4.31 Å². The average molecular weight is 350 g/mol. The van der Waals surface area contributed by atoms with Gasteiger partial charge in [-0.3, -0.25) is 4.79 Å². The molecule has 0 radical (unpaired) electrons. The highest BCUT2D eigenvalue weighted by Crippen LogP contribution is 2.31. The van der Waals surface area contributed by atoms with Crippen LogP contribution in [-0.2, 0) is 29.0 Å². The normalized spacial score (nSPS) is 21.3. The Morgan fingerprint density at radius 3 is 2.35 bits per heavy atom. The van der Waals surface area contributed by atoms with E-state index in [0.717, 1.165) is 6.26 Å². The first-order valence-electron chi connectivity index (χ1n) is 7.86. The number of likely N-dealkylation sites (tertiary alicyclic amines) is 1. The van der Waals surface area contributed by atoms with Crippen LogP contribution in [0.2, 0.25) is 0 Å². The van der Waals surface area contributed by atoms with Crippen LogP contribution in [-0.4, -0.2) is 88.7 Å². The van der Waals surface area contributed by atoms with E-state index in [-0.39, 0.29) is 25.4 Å². The predicted octanol–water partition coefficient (Wildman–Crippen LogP) is -0.350. The minimum atomic E-state index is -3.34. The maximum Gasteiger partial charge on any atom is 0.223 e. The van der Waals surface area contributed by atoms with Gasteiger partial charge in [0, 0.05) is 52.6 Å². The van der Waals surface area contributed by atoms with E-state index in [1.165, 1.54) is 11.4 Å². The quantitative estimate of drug-likeness (QED) is 0.624. The Hall–Kier alpha value is -0.740. The molecule has 2 heterocycles. The Bertz CT molecular complexity index is 493. The highest BCUT2D eigenvalue weighted by atomic mass is 32.2. The van der Waals surface area contributed by atoms with Gasteiger partial charge in [0.05, 0.1) is 26.1 Å². The first-order chi connectivity index (χ1) is 10.9. The Labute approximate surface area is 137 Å². The van der Waals surface area contributed by atoms with Gasteiger partial charge >= 0.3 is 0 Å². The maximum atomic E-state index is 12.3. The molecule has 2 fully saturated rings. The summed E-state index contributed by atoms with van der Waals surface area (Å²) >= 11 is 0. The van der Waals surface area contributed by atoms with Crippen molar-refractivity contribution < 1.29 is 27.4 Å². The van der Waals surface area contributed by atoms with Crippen molar-refractivity contribution in [2.24, 2.45) is 0 Å². The number of piperidine rings is 1. The Morgan fingerprint density at radius 1 is 1.22 bits per heavy atom. The van der Waals surface area contributed by atoms with Crippen LogP contribution < -0.4 is 0 Å². The van der Waals surface area contributed by atoms with E-state index in [0.29, 0.717) is 45.8 Å². The van der Waals surface area contributed by atoms with Gasteiger partial charge in [-0.25, -0.2) is 8.42 Å². The lowest BCUT2D eigenvalue weighted by Crippen LogP contribution is -2.48. The second kappa shape index (κ2) is 7.89. The molecule has 0 bridgehead atoms. The molecule has 2 aliphatic heterocycles. The number of rotatable bonds is 7. The van der Waals surface area contributed by atoms with Gasteiger partial charge in [-0.1, -0.05) is 0 Å². The van der Waals surface area contributed by atoms with Crippen LogP contribution >= 0.6 is 0 Å². The molecular weight excluding hydrogens is 324 g/mol. The first-order valence-corrected chi connectivity index (χ1v) is 9.71. The standard InChI is InChI=1S/C14H26N2O6S/c1-20-10-9-16(23(2,18)19)6-3-13(17)15-7-4-14(5-8-15)21-11-12-22-14/h3-12H2,1-2H3. The lowest BCUT2D eigenvalue weighted by Gasteiger charge is -2.37. The molecule has 2 saturated heterocycles. The molecule has 1 amide bonds. The Balaban J connectivity index is 1.79. The third kappa shape index (κ3) is 5.12. The molecule has 0 atom stereocenters. The van der Waals surface area contributed by atoms with E-state index in [4.69, 9.17) is 14.2 Å². The van der Waals surface area contributed by atoms with Gasteiger partial charge in [0.25, 0.3) is 0 Å². The van der Waals surface area contributed by atoms with Crippen molar-refractivity contribution in [3.8, 4) is 0 Å². The molecule has 9 heteroatoms. The molecule has 0 N–H and O–H groups in total. The summed E-state index contributed by atoms with van der Waals surface area (Å²) in [5, 5.41) is 0. The van der Waals surface area contributed by atoms with Gasteiger partial charge in [0.2, 0.25) is 15.9 Å². The molecule has 23 heavy (non-hydrogen) atoms. The number of sulfonamides is 1. The fraction of sp³-hybridized carbons (Fsp3) is 0.929. The van der Waals surface area contributed by atoms with Crippen LogP contribution in [0.15, 0.2) is 0 Å². The van der Waals surface area contributed by atoms with Crippen molar-refractivity contribution >= 4 is 15.9 Å². The number of ether oxygens (including phenoxy) is 3. The summed E-state index contributed by atoms with van der Waals surface area (Å²) < 4.78 is 40.9. The summed E-state index contributed by atoms with van der Waals surface area (Å²) in [7, 11) is -1.82.